The van der Waals surface area contributed by atoms with Gasteiger partial charge in [0.05, 0.1) is 0 Å². The Bertz CT molecular complexity index is 174. The van der Waals surface area contributed by atoms with Crippen molar-refractivity contribution in [3.8, 4) is 0 Å². The van der Waals surface area contributed by atoms with E-state index >= 15 is 0 Å². The van der Waals surface area contributed by atoms with Gasteiger partial charge in [-0.25, -0.2) is 0 Å². The van der Waals surface area contributed by atoms with E-state index in [-0.39, 0.29) is 0 Å². The highest BCUT2D eigenvalue weighted by atomic mass is 14.1. The lowest BCUT2D eigenvalue weighted by atomic mass is 10.0. The van der Waals surface area contributed by atoms with Crippen LogP contribution >= 0.6 is 0 Å². The third-order valence-electron chi connectivity index (χ3n) is 2.52. The molecule has 0 nitrogen and oxygen atoms in total. The van der Waals surface area contributed by atoms with E-state index in [1.165, 1.54) is 38.5 Å². The van der Waals surface area contributed by atoms with Crippen LogP contribution in [0.4, 0.5) is 0 Å². The molecule has 0 saturated heterocycles. The van der Waals surface area contributed by atoms with Crippen LogP contribution in [-0.2, 0) is 0 Å². The molecule has 0 radical (unpaired) electrons. The second-order valence-electron chi connectivity index (χ2n) is 3.71. The fourth-order valence-electron chi connectivity index (χ4n) is 1.69. The molecule has 0 N–H and O–H groups in total. The van der Waals surface area contributed by atoms with E-state index in [9.17, 15) is 0 Å². The number of rotatable bonds is 7. The molecule has 0 amide bonds. The summed E-state index contributed by atoms with van der Waals surface area (Å²) in [5.74, 6) is 0.736. The summed E-state index contributed by atoms with van der Waals surface area (Å²) >= 11 is 0. The third-order valence-corrected chi connectivity index (χ3v) is 2.52. The van der Waals surface area contributed by atoms with Gasteiger partial charge in [0.1, 0.15) is 0 Å². The molecule has 0 aliphatic heterocycles. The van der Waals surface area contributed by atoms with Gasteiger partial charge in [-0.15, -0.1) is 6.58 Å². The van der Waals surface area contributed by atoms with Crippen LogP contribution in [0, 0.1) is 5.92 Å². The first-order chi connectivity index (χ1) is 6.43. The summed E-state index contributed by atoms with van der Waals surface area (Å²) in [5, 5.41) is 0. The van der Waals surface area contributed by atoms with Gasteiger partial charge in [-0.05, 0) is 25.2 Å². The molecule has 0 atom stereocenters. The summed E-state index contributed by atoms with van der Waals surface area (Å²) < 4.78 is 0. The maximum Gasteiger partial charge on any atom is -0.00473 e. The minimum atomic E-state index is 0.736. The monoisotopic (exact) mass is 176 g/mol. The first kappa shape index (κ1) is 10.3. The van der Waals surface area contributed by atoms with E-state index in [4.69, 9.17) is 0 Å². The molecular formula is C13H20. The normalized spacial score (nSPS) is 15.4. The highest BCUT2D eigenvalue weighted by molar-refractivity contribution is 5.17. The van der Waals surface area contributed by atoms with Gasteiger partial charge in [0, 0.05) is 0 Å². The molecule has 0 bridgehead atoms. The molecule has 0 unspecified atom stereocenters. The first-order valence-corrected chi connectivity index (χ1v) is 5.39. The van der Waals surface area contributed by atoms with Crippen molar-refractivity contribution in [1.29, 1.82) is 0 Å². The number of hydrogen-bond donors (Lipinski definition) is 0. The Balaban J connectivity index is 1.86. The van der Waals surface area contributed by atoms with Crippen molar-refractivity contribution in [2.45, 2.75) is 38.5 Å². The van der Waals surface area contributed by atoms with Crippen molar-refractivity contribution in [2.24, 2.45) is 5.92 Å². The van der Waals surface area contributed by atoms with Crippen LogP contribution < -0.4 is 0 Å². The van der Waals surface area contributed by atoms with Crippen molar-refractivity contribution >= 4 is 0 Å². The van der Waals surface area contributed by atoms with E-state index in [1.54, 1.807) is 0 Å². The number of allylic oxidation sites excluding steroid dienone is 5. The quantitative estimate of drug-likeness (QED) is 0.402. The van der Waals surface area contributed by atoms with Crippen LogP contribution in [0.1, 0.15) is 38.5 Å². The summed E-state index contributed by atoms with van der Waals surface area (Å²) in [6.07, 6.45) is 18.9. The molecule has 0 aromatic heterocycles. The zero-order valence-electron chi connectivity index (χ0n) is 8.41. The Morgan fingerprint density at radius 2 is 1.69 bits per heavy atom. The minimum absolute atomic E-state index is 0.736. The number of unbranched alkanes of at least 4 members (excludes halogenated alkanes) is 4. The second-order valence-corrected chi connectivity index (χ2v) is 3.71. The standard InChI is InChI=1S/C13H20/c1-2-3-4-5-6-7-10-13-11-8-9-12-13/h2,8-9,11-13H,1,3-7,10H2. The average molecular weight is 176 g/mol. The van der Waals surface area contributed by atoms with Gasteiger partial charge in [-0.1, -0.05) is 49.6 Å². The van der Waals surface area contributed by atoms with E-state index in [1.807, 2.05) is 6.08 Å². The largest absolute Gasteiger partial charge is 0.103 e. The Hall–Kier alpha value is -0.780. The van der Waals surface area contributed by atoms with Gasteiger partial charge in [-0.3, -0.25) is 0 Å². The van der Waals surface area contributed by atoms with Crippen LogP contribution in [0.2, 0.25) is 0 Å². The Morgan fingerprint density at radius 3 is 2.38 bits per heavy atom. The second kappa shape index (κ2) is 6.71. The molecule has 0 saturated carbocycles. The number of hydrogen-bond acceptors (Lipinski definition) is 0. The lowest BCUT2D eigenvalue weighted by Crippen LogP contribution is -1.88. The molecule has 0 aromatic rings. The maximum atomic E-state index is 3.72. The molecule has 0 aromatic carbocycles. The van der Waals surface area contributed by atoms with E-state index in [2.05, 4.69) is 30.9 Å². The van der Waals surface area contributed by atoms with Crippen molar-refractivity contribution in [2.75, 3.05) is 0 Å². The topological polar surface area (TPSA) is 0 Å². The molecule has 0 heterocycles. The van der Waals surface area contributed by atoms with Gasteiger partial charge in [-0.2, -0.15) is 0 Å². The molecule has 1 aliphatic rings. The van der Waals surface area contributed by atoms with Gasteiger partial charge in [0.15, 0.2) is 0 Å². The van der Waals surface area contributed by atoms with Gasteiger partial charge < -0.3 is 0 Å². The Morgan fingerprint density at radius 1 is 1.00 bits per heavy atom. The van der Waals surface area contributed by atoms with Crippen LogP contribution in [-0.4, -0.2) is 0 Å². The van der Waals surface area contributed by atoms with E-state index in [0.29, 0.717) is 0 Å². The summed E-state index contributed by atoms with van der Waals surface area (Å²) in [6, 6.07) is 0. The SMILES string of the molecule is C=CCCCCCCC1C=CC=C1. The van der Waals surface area contributed by atoms with Crippen LogP contribution in [0.3, 0.4) is 0 Å². The summed E-state index contributed by atoms with van der Waals surface area (Å²) in [4.78, 5) is 0. The van der Waals surface area contributed by atoms with Crippen LogP contribution in [0.25, 0.3) is 0 Å². The van der Waals surface area contributed by atoms with Crippen LogP contribution in [0.5, 0.6) is 0 Å². The summed E-state index contributed by atoms with van der Waals surface area (Å²) in [6.45, 7) is 3.72. The van der Waals surface area contributed by atoms with E-state index < -0.39 is 0 Å². The molecule has 0 fully saturated rings. The van der Waals surface area contributed by atoms with Gasteiger partial charge in [0.2, 0.25) is 0 Å². The molecule has 1 rings (SSSR count). The highest BCUT2D eigenvalue weighted by Crippen LogP contribution is 2.17. The lowest BCUT2D eigenvalue weighted by molar-refractivity contribution is 0.584. The van der Waals surface area contributed by atoms with Gasteiger partial charge in [0.25, 0.3) is 0 Å². The van der Waals surface area contributed by atoms with Crippen molar-refractivity contribution < 1.29 is 0 Å². The first-order valence-electron chi connectivity index (χ1n) is 5.39. The maximum absolute atomic E-state index is 3.72. The highest BCUT2D eigenvalue weighted by Gasteiger charge is 2.01. The average Bonchev–Trinajstić information content (AvgIpc) is 2.63. The molecule has 13 heavy (non-hydrogen) atoms. The van der Waals surface area contributed by atoms with Crippen molar-refractivity contribution in [3.05, 3.63) is 37.0 Å². The van der Waals surface area contributed by atoms with Crippen molar-refractivity contribution in [3.63, 3.8) is 0 Å². The summed E-state index contributed by atoms with van der Waals surface area (Å²) in [7, 11) is 0. The summed E-state index contributed by atoms with van der Waals surface area (Å²) in [5.41, 5.74) is 0. The molecule has 72 valence electrons. The molecule has 0 spiro atoms. The third kappa shape index (κ3) is 4.72. The molecular weight excluding hydrogens is 156 g/mol. The fourth-order valence-corrected chi connectivity index (χ4v) is 1.69. The fraction of sp³-hybridized carbons (Fsp3) is 0.538. The predicted octanol–water partition coefficient (Wildman–Crippen LogP) is 4.26. The van der Waals surface area contributed by atoms with Crippen LogP contribution in [0.15, 0.2) is 37.0 Å². The lowest BCUT2D eigenvalue weighted by Gasteiger charge is -2.03. The zero-order chi connectivity index (χ0) is 9.36. The van der Waals surface area contributed by atoms with E-state index in [0.717, 1.165) is 5.92 Å². The van der Waals surface area contributed by atoms with Gasteiger partial charge >= 0.3 is 0 Å². The molecule has 0 heteroatoms. The molecule has 1 aliphatic carbocycles. The Labute approximate surface area is 82.0 Å². The van der Waals surface area contributed by atoms with Crippen molar-refractivity contribution in [1.82, 2.24) is 0 Å². The Kier molecular flexibility index (Phi) is 5.31. The smallest absolute Gasteiger partial charge is 0.00473 e. The predicted molar refractivity (Wildman–Crippen MR) is 59.7 cm³/mol. The zero-order valence-corrected chi connectivity index (χ0v) is 8.41. The minimum Gasteiger partial charge on any atom is -0.103 e.